The highest BCUT2D eigenvalue weighted by Gasteiger charge is 2.32. The predicted molar refractivity (Wildman–Crippen MR) is 129 cm³/mol. The Morgan fingerprint density at radius 3 is 2.70 bits per heavy atom. The maximum absolute atomic E-state index is 13.5. The van der Waals surface area contributed by atoms with Crippen LogP contribution in [0.25, 0.3) is 6.08 Å². The monoisotopic (exact) mass is 528 g/mol. The summed E-state index contributed by atoms with van der Waals surface area (Å²) in [6.07, 6.45) is 1.72. The number of halogens is 1. The van der Waals surface area contributed by atoms with Crippen LogP contribution in [0.2, 0.25) is 0 Å². The number of hydrogen-bond donors (Lipinski definition) is 1. The number of carbonyl (C=O) groups excluding carboxylic acids is 1. The van der Waals surface area contributed by atoms with Crippen molar-refractivity contribution in [3.05, 3.63) is 89.0 Å². The number of esters is 1. The largest absolute Gasteiger partial charge is 0.503 e. The van der Waals surface area contributed by atoms with Crippen LogP contribution in [0.5, 0.6) is 11.5 Å². The van der Waals surface area contributed by atoms with Crippen LogP contribution in [-0.2, 0) is 9.53 Å². The number of methoxy groups -OCH3 is 1. The number of hydrogen-bond acceptors (Lipinski definition) is 7. The van der Waals surface area contributed by atoms with Crippen molar-refractivity contribution in [2.24, 2.45) is 4.99 Å². The average molecular weight is 529 g/mol. The van der Waals surface area contributed by atoms with Gasteiger partial charge in [-0.2, -0.15) is 0 Å². The summed E-state index contributed by atoms with van der Waals surface area (Å²) < 4.78 is 12.9. The molecule has 1 unspecified atom stereocenters. The van der Waals surface area contributed by atoms with Gasteiger partial charge in [0, 0.05) is 0 Å². The molecule has 33 heavy (non-hydrogen) atoms. The van der Waals surface area contributed by atoms with Gasteiger partial charge >= 0.3 is 5.97 Å². The van der Waals surface area contributed by atoms with Gasteiger partial charge in [-0.25, -0.2) is 9.79 Å². The lowest BCUT2D eigenvalue weighted by molar-refractivity contribution is -0.136. The van der Waals surface area contributed by atoms with Crippen LogP contribution in [0, 0.1) is 0 Å². The number of aromatic hydroxyl groups is 1. The molecule has 1 N–H and O–H groups in total. The molecule has 9 heteroatoms. The zero-order valence-corrected chi connectivity index (χ0v) is 20.6. The second-order valence-corrected chi connectivity index (χ2v) is 9.13. The molecule has 1 aliphatic rings. The molecule has 0 radical (unpaired) electrons. The molecule has 170 valence electrons. The summed E-state index contributed by atoms with van der Waals surface area (Å²) in [6, 6.07) is 12.1. The molecular formula is C24H21BrN2O5S. The first-order chi connectivity index (χ1) is 15.8. The maximum atomic E-state index is 13.5. The maximum Gasteiger partial charge on any atom is 0.338 e. The smallest absolute Gasteiger partial charge is 0.338 e. The molecule has 3 aromatic rings. The van der Waals surface area contributed by atoms with Gasteiger partial charge < -0.3 is 14.6 Å². The number of rotatable bonds is 5. The number of carbonyl (C=O) groups is 1. The number of nitrogens with zero attached hydrogens (tertiary/aromatic N) is 2. The third kappa shape index (κ3) is 4.26. The summed E-state index contributed by atoms with van der Waals surface area (Å²) in [5.74, 6) is -0.210. The van der Waals surface area contributed by atoms with Gasteiger partial charge in [0.15, 0.2) is 16.3 Å². The molecule has 1 aliphatic heterocycles. The fourth-order valence-corrected chi connectivity index (χ4v) is 5.24. The second kappa shape index (κ2) is 9.36. The number of ether oxygens (including phenoxy) is 2. The molecule has 1 atom stereocenters. The lowest BCUT2D eigenvalue weighted by Crippen LogP contribution is -2.39. The van der Waals surface area contributed by atoms with Crippen LogP contribution in [0.3, 0.4) is 0 Å². The summed E-state index contributed by atoms with van der Waals surface area (Å²) in [7, 11) is 1.31. The van der Waals surface area contributed by atoms with E-state index in [9.17, 15) is 14.7 Å². The predicted octanol–water partition coefficient (Wildman–Crippen LogP) is 3.28. The molecule has 0 saturated heterocycles. The summed E-state index contributed by atoms with van der Waals surface area (Å²) in [4.78, 5) is 31.2. The molecule has 0 bridgehead atoms. The Morgan fingerprint density at radius 1 is 1.30 bits per heavy atom. The van der Waals surface area contributed by atoms with Crippen LogP contribution >= 0.6 is 27.3 Å². The first-order valence-electron chi connectivity index (χ1n) is 10.2. The van der Waals surface area contributed by atoms with E-state index in [2.05, 4.69) is 20.9 Å². The molecule has 0 amide bonds. The van der Waals surface area contributed by atoms with Crippen molar-refractivity contribution in [3.8, 4) is 11.5 Å². The van der Waals surface area contributed by atoms with Gasteiger partial charge in [0.25, 0.3) is 5.56 Å². The standard InChI is InChI=1S/C24H21BrN2O5S/c1-4-32-17-11-14(10-16(25)21(17)28)12-18-22(29)27-20(15-8-6-5-7-9-15)19(23(30)31-3)13(2)26-24(27)33-18/h5-12,20,28H,4H2,1-3H3. The van der Waals surface area contributed by atoms with Crippen LogP contribution in [0.15, 0.2) is 68.0 Å². The Morgan fingerprint density at radius 2 is 2.03 bits per heavy atom. The van der Waals surface area contributed by atoms with E-state index in [0.29, 0.717) is 43.0 Å². The number of benzene rings is 2. The summed E-state index contributed by atoms with van der Waals surface area (Å²) in [5.41, 5.74) is 2.02. The number of aromatic nitrogens is 1. The lowest BCUT2D eigenvalue weighted by Gasteiger charge is -2.24. The van der Waals surface area contributed by atoms with Crippen molar-refractivity contribution in [2.75, 3.05) is 13.7 Å². The van der Waals surface area contributed by atoms with Gasteiger partial charge in [0.2, 0.25) is 0 Å². The Hall–Kier alpha value is -3.17. The Labute approximate surface area is 202 Å². The average Bonchev–Trinajstić information content (AvgIpc) is 3.10. The SMILES string of the molecule is CCOc1cc(C=c2sc3n(c2=O)C(c2ccccc2)C(C(=O)OC)=C(C)N=3)cc(Br)c1O. The van der Waals surface area contributed by atoms with Gasteiger partial charge in [-0.3, -0.25) is 9.36 Å². The molecule has 2 aromatic carbocycles. The summed E-state index contributed by atoms with van der Waals surface area (Å²) in [5, 5.41) is 10.2. The Balaban J connectivity index is 1.94. The van der Waals surface area contributed by atoms with Crippen LogP contribution in [0.1, 0.15) is 31.0 Å². The summed E-state index contributed by atoms with van der Waals surface area (Å²) in [6.45, 7) is 3.95. The highest BCUT2D eigenvalue weighted by Crippen LogP contribution is 2.36. The van der Waals surface area contributed by atoms with E-state index >= 15 is 0 Å². The lowest BCUT2D eigenvalue weighted by atomic mass is 9.96. The normalized spacial score (nSPS) is 15.8. The molecule has 0 fully saturated rings. The second-order valence-electron chi connectivity index (χ2n) is 7.27. The third-order valence-electron chi connectivity index (χ3n) is 5.19. The fourth-order valence-electron chi connectivity index (χ4n) is 3.74. The van der Waals surface area contributed by atoms with E-state index in [4.69, 9.17) is 9.47 Å². The van der Waals surface area contributed by atoms with Crippen molar-refractivity contribution < 1.29 is 19.4 Å². The van der Waals surface area contributed by atoms with Crippen molar-refractivity contribution in [2.45, 2.75) is 19.9 Å². The van der Waals surface area contributed by atoms with Gasteiger partial charge in [-0.05, 0) is 59.1 Å². The third-order valence-corrected chi connectivity index (χ3v) is 6.78. The molecule has 0 spiro atoms. The van der Waals surface area contributed by atoms with E-state index in [0.717, 1.165) is 5.56 Å². The molecule has 0 aliphatic carbocycles. The zero-order chi connectivity index (χ0) is 23.7. The first kappa shape index (κ1) is 23.0. The molecule has 2 heterocycles. The van der Waals surface area contributed by atoms with Crippen molar-refractivity contribution >= 4 is 39.3 Å². The molecule has 1 aromatic heterocycles. The van der Waals surface area contributed by atoms with Gasteiger partial charge in [-0.1, -0.05) is 41.7 Å². The van der Waals surface area contributed by atoms with Crippen LogP contribution in [0.4, 0.5) is 0 Å². The topological polar surface area (TPSA) is 90.1 Å². The van der Waals surface area contributed by atoms with E-state index in [-0.39, 0.29) is 11.3 Å². The first-order valence-corrected chi connectivity index (χ1v) is 11.8. The van der Waals surface area contributed by atoms with E-state index < -0.39 is 12.0 Å². The number of phenols is 1. The fraction of sp³-hybridized carbons (Fsp3) is 0.208. The minimum absolute atomic E-state index is 0.00196. The summed E-state index contributed by atoms with van der Waals surface area (Å²) >= 11 is 4.56. The van der Waals surface area contributed by atoms with E-state index in [1.165, 1.54) is 23.0 Å². The van der Waals surface area contributed by atoms with Crippen molar-refractivity contribution in [1.82, 2.24) is 4.57 Å². The van der Waals surface area contributed by atoms with Crippen LogP contribution in [-0.4, -0.2) is 29.4 Å². The van der Waals surface area contributed by atoms with Gasteiger partial charge in [-0.15, -0.1) is 0 Å². The molecule has 0 saturated carbocycles. The molecule has 4 rings (SSSR count). The number of allylic oxidation sites excluding steroid dienone is 1. The van der Waals surface area contributed by atoms with Crippen molar-refractivity contribution in [1.29, 1.82) is 0 Å². The van der Waals surface area contributed by atoms with Crippen LogP contribution < -0.4 is 19.6 Å². The highest BCUT2D eigenvalue weighted by molar-refractivity contribution is 9.10. The minimum atomic E-state index is -0.650. The number of phenolic OH excluding ortho intramolecular Hbond substituents is 1. The van der Waals surface area contributed by atoms with Gasteiger partial charge in [0.05, 0.1) is 40.0 Å². The number of thiazole rings is 1. The van der Waals surface area contributed by atoms with Gasteiger partial charge in [0.1, 0.15) is 0 Å². The zero-order valence-electron chi connectivity index (χ0n) is 18.2. The van der Waals surface area contributed by atoms with E-state index in [1.54, 1.807) is 25.1 Å². The Bertz CT molecular complexity index is 1440. The molecular weight excluding hydrogens is 508 g/mol. The minimum Gasteiger partial charge on any atom is -0.503 e. The van der Waals surface area contributed by atoms with E-state index in [1.807, 2.05) is 37.3 Å². The number of fused-ring (bicyclic) bond motifs is 1. The van der Waals surface area contributed by atoms with Crippen molar-refractivity contribution in [3.63, 3.8) is 0 Å². The Kier molecular flexibility index (Phi) is 6.53. The molecule has 7 nitrogen and oxygen atoms in total. The quantitative estimate of drug-likeness (QED) is 0.513. The highest BCUT2D eigenvalue weighted by atomic mass is 79.9.